The van der Waals surface area contributed by atoms with Crippen molar-refractivity contribution >= 4 is 21.7 Å². The molecular formula is C30H32FN3O5S. The van der Waals surface area contributed by atoms with Crippen LogP contribution in [0.2, 0.25) is 0 Å². The molecule has 2 amide bonds. The summed E-state index contributed by atoms with van der Waals surface area (Å²) in [4.78, 5) is 14.3. The van der Waals surface area contributed by atoms with Gasteiger partial charge in [-0.25, -0.2) is 17.6 Å². The number of carbonyl (C=O) groups excluding carboxylic acids is 1. The Morgan fingerprint density at radius 3 is 2.50 bits per heavy atom. The van der Waals surface area contributed by atoms with Gasteiger partial charge in [-0.2, -0.15) is 4.31 Å². The molecule has 0 saturated carbocycles. The summed E-state index contributed by atoms with van der Waals surface area (Å²) in [6.45, 7) is 3.38. The van der Waals surface area contributed by atoms with Crippen LogP contribution in [0.25, 0.3) is 0 Å². The Bertz CT molecular complexity index is 1520. The molecule has 1 aliphatic heterocycles. The topological polar surface area (TPSA) is 99.2 Å². The van der Waals surface area contributed by atoms with Crippen LogP contribution >= 0.6 is 0 Å². The lowest BCUT2D eigenvalue weighted by Crippen LogP contribution is -2.50. The van der Waals surface area contributed by atoms with E-state index in [0.29, 0.717) is 16.8 Å². The highest BCUT2D eigenvalue weighted by Gasteiger charge is 2.38. The molecule has 0 aromatic heterocycles. The zero-order chi connectivity index (χ0) is 28.9. The first-order valence-electron chi connectivity index (χ1n) is 12.9. The Kier molecular flexibility index (Phi) is 9.10. The zero-order valence-corrected chi connectivity index (χ0v) is 23.4. The molecule has 1 aliphatic rings. The lowest BCUT2D eigenvalue weighted by atomic mass is 10.0. The third-order valence-electron chi connectivity index (χ3n) is 6.67. The third kappa shape index (κ3) is 6.80. The summed E-state index contributed by atoms with van der Waals surface area (Å²) in [5, 5.41) is 12.7. The van der Waals surface area contributed by atoms with Crippen molar-refractivity contribution in [2.24, 2.45) is 5.92 Å². The molecule has 10 heteroatoms. The zero-order valence-electron chi connectivity index (χ0n) is 22.5. The van der Waals surface area contributed by atoms with E-state index >= 15 is 0 Å². The second-order valence-corrected chi connectivity index (χ2v) is 11.7. The van der Waals surface area contributed by atoms with Crippen molar-refractivity contribution in [2.75, 3.05) is 32.1 Å². The number of nitrogens with zero attached hydrogens (tertiary/aromatic N) is 2. The van der Waals surface area contributed by atoms with Crippen LogP contribution in [0.3, 0.4) is 0 Å². The maximum absolute atomic E-state index is 13.7. The number of para-hydroxylation sites is 1. The van der Waals surface area contributed by atoms with Crippen molar-refractivity contribution in [1.82, 2.24) is 9.21 Å². The molecule has 1 heterocycles. The standard InChI is InChI=1S/C30H32FN3O5S/c1-21-18-34(22(2)20-35)40(37,38)29-15-14-24(13-12-23-8-7-9-25(31)16-23)17-27(29)39-28(21)19-33(3)30(36)32-26-10-5-4-6-11-26/h4-11,14-17,21-22,28,35H,18-20H2,1-3H3,(H,32,36)/t21-,22+,28+/m1/s1. The predicted octanol–water partition coefficient (Wildman–Crippen LogP) is 4.16. The number of benzene rings is 3. The molecule has 0 aliphatic carbocycles. The van der Waals surface area contributed by atoms with E-state index in [0.717, 1.165) is 0 Å². The van der Waals surface area contributed by atoms with E-state index in [9.17, 15) is 22.7 Å². The van der Waals surface area contributed by atoms with Crippen LogP contribution in [0.5, 0.6) is 5.75 Å². The number of ether oxygens (including phenoxy) is 1. The van der Waals surface area contributed by atoms with Gasteiger partial charge < -0.3 is 20.1 Å². The van der Waals surface area contributed by atoms with Gasteiger partial charge in [-0.15, -0.1) is 0 Å². The number of hydrogen-bond acceptors (Lipinski definition) is 5. The number of carbonyl (C=O) groups is 1. The number of rotatable bonds is 5. The minimum absolute atomic E-state index is 0.0580. The minimum atomic E-state index is -4.03. The van der Waals surface area contributed by atoms with E-state index < -0.39 is 28.0 Å². The Morgan fingerprint density at radius 2 is 1.82 bits per heavy atom. The van der Waals surface area contributed by atoms with Crippen molar-refractivity contribution in [2.45, 2.75) is 30.9 Å². The van der Waals surface area contributed by atoms with Crippen LogP contribution in [0.1, 0.15) is 25.0 Å². The predicted molar refractivity (Wildman–Crippen MR) is 151 cm³/mol. The molecule has 40 heavy (non-hydrogen) atoms. The largest absolute Gasteiger partial charge is 0.487 e. The van der Waals surface area contributed by atoms with E-state index in [2.05, 4.69) is 17.2 Å². The van der Waals surface area contributed by atoms with Gasteiger partial charge in [0, 0.05) is 42.4 Å². The van der Waals surface area contributed by atoms with E-state index in [1.165, 1.54) is 33.5 Å². The fourth-order valence-electron chi connectivity index (χ4n) is 4.33. The summed E-state index contributed by atoms with van der Waals surface area (Å²) < 4.78 is 48.5. The van der Waals surface area contributed by atoms with Gasteiger partial charge in [0.1, 0.15) is 22.6 Å². The summed E-state index contributed by atoms with van der Waals surface area (Å²) in [6.07, 6.45) is -0.583. The number of aliphatic hydroxyl groups is 1. The summed E-state index contributed by atoms with van der Waals surface area (Å²) >= 11 is 0. The molecule has 0 saturated heterocycles. The lowest BCUT2D eigenvalue weighted by molar-refractivity contribution is 0.0830. The van der Waals surface area contributed by atoms with Gasteiger partial charge in [-0.3, -0.25) is 0 Å². The normalized spacial score (nSPS) is 19.0. The molecular weight excluding hydrogens is 533 g/mol. The van der Waals surface area contributed by atoms with Crippen LogP contribution in [0.15, 0.2) is 77.7 Å². The van der Waals surface area contributed by atoms with Crippen molar-refractivity contribution in [3.05, 3.63) is 89.7 Å². The maximum atomic E-state index is 13.7. The second kappa shape index (κ2) is 12.5. The van der Waals surface area contributed by atoms with Crippen LogP contribution in [-0.4, -0.2) is 67.7 Å². The Morgan fingerprint density at radius 1 is 1.12 bits per heavy atom. The number of halogens is 1. The molecule has 0 unspecified atom stereocenters. The molecule has 2 N–H and O–H groups in total. The number of sulfonamides is 1. The van der Waals surface area contributed by atoms with Crippen molar-refractivity contribution in [3.63, 3.8) is 0 Å². The van der Waals surface area contributed by atoms with Gasteiger partial charge in [0.2, 0.25) is 10.0 Å². The Labute approximate surface area is 234 Å². The molecule has 8 nitrogen and oxygen atoms in total. The number of anilines is 1. The van der Waals surface area contributed by atoms with E-state index in [1.54, 1.807) is 44.3 Å². The number of amides is 2. The number of aliphatic hydroxyl groups excluding tert-OH is 1. The average Bonchev–Trinajstić information content (AvgIpc) is 2.93. The average molecular weight is 566 g/mol. The second-order valence-electron chi connectivity index (χ2n) is 9.84. The summed E-state index contributed by atoms with van der Waals surface area (Å²) in [5.74, 6) is 5.17. The SMILES string of the molecule is C[C@@H]1CN([C@@H](C)CO)S(=O)(=O)c2ccc(C#Cc3cccc(F)c3)cc2O[C@H]1CN(C)C(=O)Nc1ccccc1. The first-order valence-corrected chi connectivity index (χ1v) is 14.3. The van der Waals surface area contributed by atoms with Crippen LogP contribution < -0.4 is 10.1 Å². The van der Waals surface area contributed by atoms with Gasteiger partial charge in [0.05, 0.1) is 13.2 Å². The first-order chi connectivity index (χ1) is 19.1. The Balaban J connectivity index is 1.68. The third-order valence-corrected chi connectivity index (χ3v) is 8.69. The smallest absolute Gasteiger partial charge is 0.321 e. The van der Waals surface area contributed by atoms with Crippen molar-refractivity contribution < 1.29 is 27.4 Å². The number of urea groups is 1. The molecule has 3 aromatic rings. The van der Waals surface area contributed by atoms with Gasteiger partial charge in [0.15, 0.2) is 0 Å². The minimum Gasteiger partial charge on any atom is -0.487 e. The molecule has 3 atom stereocenters. The fraction of sp³-hybridized carbons (Fsp3) is 0.300. The number of likely N-dealkylation sites (N-methyl/N-ethyl adjacent to an activating group) is 1. The summed E-state index contributed by atoms with van der Waals surface area (Å²) in [7, 11) is -2.39. The number of hydrogen-bond donors (Lipinski definition) is 2. The van der Waals surface area contributed by atoms with Crippen LogP contribution in [0.4, 0.5) is 14.9 Å². The highest BCUT2D eigenvalue weighted by molar-refractivity contribution is 7.89. The highest BCUT2D eigenvalue weighted by Crippen LogP contribution is 2.34. The number of nitrogens with one attached hydrogen (secondary N) is 1. The highest BCUT2D eigenvalue weighted by atomic mass is 32.2. The van der Waals surface area contributed by atoms with Crippen molar-refractivity contribution in [3.8, 4) is 17.6 Å². The molecule has 3 aromatic carbocycles. The van der Waals surface area contributed by atoms with E-state index in [1.807, 2.05) is 25.1 Å². The summed E-state index contributed by atoms with van der Waals surface area (Å²) in [6, 6.07) is 18.4. The summed E-state index contributed by atoms with van der Waals surface area (Å²) in [5.41, 5.74) is 1.59. The van der Waals surface area contributed by atoms with Gasteiger partial charge >= 0.3 is 6.03 Å². The molecule has 0 radical (unpaired) electrons. The quantitative estimate of drug-likeness (QED) is 0.453. The fourth-order valence-corrected chi connectivity index (χ4v) is 6.15. The molecule has 210 valence electrons. The lowest BCUT2D eigenvalue weighted by Gasteiger charge is -2.37. The van der Waals surface area contributed by atoms with Crippen LogP contribution in [-0.2, 0) is 10.0 Å². The molecule has 0 fully saturated rings. The Hall–Kier alpha value is -3.91. The maximum Gasteiger partial charge on any atom is 0.321 e. The first kappa shape index (κ1) is 29.1. The van der Waals surface area contributed by atoms with E-state index in [-0.39, 0.29) is 42.3 Å². The van der Waals surface area contributed by atoms with Gasteiger partial charge in [-0.1, -0.05) is 43.0 Å². The number of fused-ring (bicyclic) bond motifs is 1. The monoisotopic (exact) mass is 565 g/mol. The van der Waals surface area contributed by atoms with Crippen molar-refractivity contribution in [1.29, 1.82) is 0 Å². The van der Waals surface area contributed by atoms with E-state index in [4.69, 9.17) is 4.74 Å². The molecule has 4 rings (SSSR count). The molecule has 0 bridgehead atoms. The van der Waals surface area contributed by atoms with Gasteiger partial charge in [0.25, 0.3) is 0 Å². The van der Waals surface area contributed by atoms with Gasteiger partial charge in [-0.05, 0) is 55.5 Å². The molecule has 0 spiro atoms. The van der Waals surface area contributed by atoms with Crippen LogP contribution in [0, 0.1) is 23.6 Å².